The fourth-order valence-corrected chi connectivity index (χ4v) is 3.11. The van der Waals surface area contributed by atoms with E-state index in [4.69, 9.17) is 11.5 Å². The first kappa shape index (κ1) is 15.5. The molecule has 116 valence electrons. The van der Waals surface area contributed by atoms with Crippen molar-refractivity contribution in [3.8, 4) is 0 Å². The summed E-state index contributed by atoms with van der Waals surface area (Å²) in [6.45, 7) is 3.47. The maximum Gasteiger partial charge on any atom is 0.260 e. The fourth-order valence-electron chi connectivity index (χ4n) is 2.12. The van der Waals surface area contributed by atoms with Crippen LogP contribution in [-0.4, -0.2) is 62.0 Å². The molecule has 0 unspecified atom stereocenters. The van der Waals surface area contributed by atoms with Crippen LogP contribution in [0.3, 0.4) is 0 Å². The summed E-state index contributed by atoms with van der Waals surface area (Å²) < 4.78 is 0. The lowest BCUT2D eigenvalue weighted by Crippen LogP contribution is -2.47. The minimum atomic E-state index is -0.630. The van der Waals surface area contributed by atoms with Gasteiger partial charge in [0.25, 0.3) is 11.8 Å². The highest BCUT2D eigenvalue weighted by atomic mass is 32.1. The van der Waals surface area contributed by atoms with Gasteiger partial charge in [-0.15, -0.1) is 11.3 Å². The minimum Gasteiger partial charge on any atom is -0.397 e. The topological polar surface area (TPSA) is 117 Å². The summed E-state index contributed by atoms with van der Waals surface area (Å²) in [6, 6.07) is 0. The molecule has 0 atom stereocenters. The van der Waals surface area contributed by atoms with E-state index in [1.54, 1.807) is 0 Å². The summed E-state index contributed by atoms with van der Waals surface area (Å²) in [5, 5.41) is 5.08. The van der Waals surface area contributed by atoms with Crippen LogP contribution in [0, 0.1) is 0 Å². The number of rotatable bonds is 4. The van der Waals surface area contributed by atoms with Crippen molar-refractivity contribution in [2.45, 2.75) is 0 Å². The van der Waals surface area contributed by atoms with Gasteiger partial charge in [-0.1, -0.05) is 0 Å². The van der Waals surface area contributed by atoms with E-state index >= 15 is 0 Å². The normalized spacial score (nSPS) is 16.7. The summed E-state index contributed by atoms with van der Waals surface area (Å²) in [5.41, 5.74) is 14.8. The zero-order valence-corrected chi connectivity index (χ0v) is 12.9. The molecule has 1 aromatic heterocycles. The zero-order chi connectivity index (χ0) is 15.6. The van der Waals surface area contributed by atoms with Gasteiger partial charge in [-0.3, -0.25) is 9.59 Å². The van der Waals surface area contributed by atoms with Crippen molar-refractivity contribution < 1.29 is 9.59 Å². The number of nitrogens with zero attached hydrogens (tertiary/aromatic N) is 2. The molecule has 2 rings (SSSR count). The van der Waals surface area contributed by atoms with Gasteiger partial charge in [0, 0.05) is 33.2 Å². The Morgan fingerprint density at radius 1 is 1.24 bits per heavy atom. The molecule has 1 aliphatic rings. The Labute approximate surface area is 127 Å². The van der Waals surface area contributed by atoms with Gasteiger partial charge in [-0.05, 0) is 7.05 Å². The van der Waals surface area contributed by atoms with Crippen molar-refractivity contribution >= 4 is 33.8 Å². The van der Waals surface area contributed by atoms with E-state index in [2.05, 4.69) is 22.7 Å². The largest absolute Gasteiger partial charge is 0.397 e. The summed E-state index contributed by atoms with van der Waals surface area (Å²) in [4.78, 5) is 25.8. The number of anilines is 2. The molecule has 0 bridgehead atoms. The van der Waals surface area contributed by atoms with E-state index in [9.17, 15) is 9.59 Å². The van der Waals surface area contributed by atoms with Crippen LogP contribution in [0.4, 0.5) is 10.7 Å². The molecule has 9 heteroatoms. The highest BCUT2D eigenvalue weighted by Crippen LogP contribution is 2.35. The van der Waals surface area contributed by atoms with Gasteiger partial charge < -0.3 is 27.1 Å². The van der Waals surface area contributed by atoms with Gasteiger partial charge in [0.1, 0.15) is 9.88 Å². The van der Waals surface area contributed by atoms with Crippen LogP contribution in [0.5, 0.6) is 0 Å². The van der Waals surface area contributed by atoms with Crippen molar-refractivity contribution in [1.29, 1.82) is 0 Å². The third kappa shape index (κ3) is 3.26. The third-order valence-electron chi connectivity index (χ3n) is 3.39. The molecule has 21 heavy (non-hydrogen) atoms. The number of carbonyl (C=O) groups excluding carboxylic acids is 2. The number of hydrazine groups is 1. The number of amides is 2. The van der Waals surface area contributed by atoms with E-state index in [1.807, 2.05) is 5.01 Å². The Bertz CT molecular complexity index is 550. The maximum atomic E-state index is 12.0. The second-order valence-corrected chi connectivity index (χ2v) is 5.92. The Morgan fingerprint density at radius 3 is 2.38 bits per heavy atom. The second kappa shape index (κ2) is 6.29. The van der Waals surface area contributed by atoms with Crippen LogP contribution < -0.4 is 22.2 Å². The monoisotopic (exact) mass is 312 g/mol. The summed E-state index contributed by atoms with van der Waals surface area (Å²) >= 11 is 1.11. The van der Waals surface area contributed by atoms with Crippen molar-refractivity contribution in [3.05, 3.63) is 10.4 Å². The van der Waals surface area contributed by atoms with Crippen molar-refractivity contribution in [1.82, 2.24) is 15.2 Å². The minimum absolute atomic E-state index is 0.128. The molecule has 1 aromatic rings. The van der Waals surface area contributed by atoms with Crippen LogP contribution in [0.1, 0.15) is 20.0 Å². The van der Waals surface area contributed by atoms with Crippen molar-refractivity contribution in [3.63, 3.8) is 0 Å². The smallest absolute Gasteiger partial charge is 0.260 e. The summed E-state index contributed by atoms with van der Waals surface area (Å²) in [6.07, 6.45) is 0. The Hall–Kier alpha value is -1.84. The molecule has 1 fully saturated rings. The predicted molar refractivity (Wildman–Crippen MR) is 83.3 cm³/mol. The van der Waals surface area contributed by atoms with E-state index in [1.165, 1.54) is 7.05 Å². The van der Waals surface area contributed by atoms with Gasteiger partial charge in [0.05, 0.1) is 11.3 Å². The fraction of sp³-hybridized carbons (Fsp3) is 0.500. The van der Waals surface area contributed by atoms with Gasteiger partial charge >= 0.3 is 0 Å². The Kier molecular flexibility index (Phi) is 4.66. The Balaban J connectivity index is 2.27. The number of hydrogen-bond acceptors (Lipinski definition) is 7. The van der Waals surface area contributed by atoms with E-state index in [0.717, 1.165) is 37.5 Å². The SMILES string of the molecule is CNC(=O)c1c(NN2CCN(C)CC2)sc(C(N)=O)c1N. The van der Waals surface area contributed by atoms with Crippen LogP contribution in [0.15, 0.2) is 0 Å². The van der Waals surface area contributed by atoms with Crippen LogP contribution in [-0.2, 0) is 0 Å². The maximum absolute atomic E-state index is 12.0. The molecule has 8 nitrogen and oxygen atoms in total. The number of primary amides is 1. The number of likely N-dealkylation sites (N-methyl/N-ethyl adjacent to an activating group) is 1. The molecule has 1 aliphatic heterocycles. The second-order valence-electron chi connectivity index (χ2n) is 4.89. The Morgan fingerprint density at radius 2 is 1.86 bits per heavy atom. The molecule has 1 saturated heterocycles. The average Bonchev–Trinajstić information content (AvgIpc) is 2.77. The molecule has 0 aromatic carbocycles. The highest BCUT2D eigenvalue weighted by molar-refractivity contribution is 7.19. The lowest BCUT2D eigenvalue weighted by atomic mass is 10.2. The molecule has 0 saturated carbocycles. The molecule has 0 radical (unpaired) electrons. The molecular weight excluding hydrogens is 292 g/mol. The van der Waals surface area contributed by atoms with Gasteiger partial charge in [0.2, 0.25) is 0 Å². The van der Waals surface area contributed by atoms with E-state index in [0.29, 0.717) is 5.00 Å². The van der Waals surface area contributed by atoms with Crippen molar-refractivity contribution in [2.24, 2.45) is 5.73 Å². The van der Waals surface area contributed by atoms with E-state index < -0.39 is 5.91 Å². The predicted octanol–water partition coefficient (Wildman–Crippen LogP) is -0.637. The average molecular weight is 312 g/mol. The van der Waals surface area contributed by atoms with Crippen LogP contribution in [0.2, 0.25) is 0 Å². The van der Waals surface area contributed by atoms with Gasteiger partial charge in [0.15, 0.2) is 0 Å². The summed E-state index contributed by atoms with van der Waals surface area (Å²) in [5.74, 6) is -0.970. The number of piperazine rings is 1. The molecule has 0 spiro atoms. The lowest BCUT2D eigenvalue weighted by molar-refractivity contribution is 0.0964. The third-order valence-corrected chi connectivity index (χ3v) is 4.51. The van der Waals surface area contributed by atoms with Gasteiger partial charge in [-0.25, -0.2) is 5.01 Å². The number of hydrogen-bond donors (Lipinski definition) is 4. The molecule has 6 N–H and O–H groups in total. The molecular formula is C12H20N6O2S. The first-order valence-electron chi connectivity index (χ1n) is 6.58. The summed E-state index contributed by atoms with van der Waals surface area (Å²) in [7, 11) is 3.57. The van der Waals surface area contributed by atoms with Gasteiger partial charge in [-0.2, -0.15) is 0 Å². The quantitative estimate of drug-likeness (QED) is 0.588. The number of thiophene rings is 1. The number of nitrogen functional groups attached to an aromatic ring is 1. The molecule has 2 heterocycles. The van der Waals surface area contributed by atoms with Crippen LogP contribution >= 0.6 is 11.3 Å². The number of nitrogens with two attached hydrogens (primary N) is 2. The molecule has 0 aliphatic carbocycles. The van der Waals surface area contributed by atoms with Crippen LogP contribution in [0.25, 0.3) is 0 Å². The lowest BCUT2D eigenvalue weighted by Gasteiger charge is -2.32. The molecule has 2 amide bonds. The van der Waals surface area contributed by atoms with E-state index in [-0.39, 0.29) is 22.0 Å². The number of nitrogens with one attached hydrogen (secondary N) is 2. The van der Waals surface area contributed by atoms with Crippen molar-refractivity contribution in [2.75, 3.05) is 51.4 Å². The first-order valence-corrected chi connectivity index (χ1v) is 7.40. The first-order chi connectivity index (χ1) is 9.93. The highest BCUT2D eigenvalue weighted by Gasteiger charge is 2.25. The standard InChI is InChI=1S/C12H20N6O2S/c1-15-11(20)7-8(13)9(10(14)19)21-12(7)16-18-5-3-17(2)4-6-18/h16H,3-6,13H2,1-2H3,(H2,14,19)(H,15,20). The zero-order valence-electron chi connectivity index (χ0n) is 12.1. The number of carbonyl (C=O) groups is 2.